The molecule has 0 atom stereocenters. The van der Waals surface area contributed by atoms with Gasteiger partial charge in [-0.25, -0.2) is 4.39 Å². The van der Waals surface area contributed by atoms with E-state index in [-0.39, 0.29) is 5.69 Å². The fourth-order valence-corrected chi connectivity index (χ4v) is 2.22. The van der Waals surface area contributed by atoms with E-state index in [0.717, 1.165) is 5.56 Å². The van der Waals surface area contributed by atoms with Gasteiger partial charge in [0.1, 0.15) is 5.82 Å². The highest BCUT2D eigenvalue weighted by molar-refractivity contribution is 9.10. The Morgan fingerprint density at radius 3 is 2.60 bits per heavy atom. The molecular formula is C14H13BrFN3O. The number of nitrogens with two attached hydrogens (primary N) is 2. The Balaban J connectivity index is 2.30. The van der Waals surface area contributed by atoms with Crippen LogP contribution >= 0.6 is 15.9 Å². The van der Waals surface area contributed by atoms with E-state index in [1.807, 2.05) is 0 Å². The topological polar surface area (TPSA) is 81.1 Å². The van der Waals surface area contributed by atoms with E-state index in [1.54, 1.807) is 19.1 Å². The Morgan fingerprint density at radius 1 is 1.25 bits per heavy atom. The first-order chi connectivity index (χ1) is 9.38. The van der Waals surface area contributed by atoms with Crippen LogP contribution in [0.25, 0.3) is 0 Å². The normalized spacial score (nSPS) is 10.3. The molecule has 0 aliphatic heterocycles. The number of aryl methyl sites for hydroxylation is 1. The van der Waals surface area contributed by atoms with E-state index in [0.29, 0.717) is 21.4 Å². The van der Waals surface area contributed by atoms with Crippen LogP contribution < -0.4 is 16.8 Å². The monoisotopic (exact) mass is 337 g/mol. The lowest BCUT2D eigenvalue weighted by Crippen LogP contribution is -2.15. The minimum atomic E-state index is -0.448. The maximum Gasteiger partial charge on any atom is 0.257 e. The van der Waals surface area contributed by atoms with Gasteiger partial charge in [0, 0.05) is 17.1 Å². The smallest absolute Gasteiger partial charge is 0.257 e. The third-order valence-corrected chi connectivity index (χ3v) is 3.44. The molecule has 0 heterocycles. The summed E-state index contributed by atoms with van der Waals surface area (Å²) in [6.07, 6.45) is 0. The molecule has 0 radical (unpaired) electrons. The van der Waals surface area contributed by atoms with Gasteiger partial charge in [0.15, 0.2) is 0 Å². The molecule has 104 valence electrons. The number of carbonyl (C=O) groups excluding carboxylic acids is 1. The number of rotatable bonds is 2. The third-order valence-electron chi connectivity index (χ3n) is 2.84. The molecule has 2 rings (SSSR count). The number of carbonyl (C=O) groups is 1. The predicted octanol–water partition coefficient (Wildman–Crippen LogP) is 3.31. The average Bonchev–Trinajstić information content (AvgIpc) is 2.35. The molecule has 0 aromatic heterocycles. The fourth-order valence-electron chi connectivity index (χ4n) is 1.76. The highest BCUT2D eigenvalue weighted by Gasteiger charge is 2.13. The molecule has 0 saturated heterocycles. The molecule has 0 bridgehead atoms. The van der Waals surface area contributed by atoms with Crippen LogP contribution in [0.1, 0.15) is 15.9 Å². The van der Waals surface area contributed by atoms with Gasteiger partial charge in [-0.15, -0.1) is 0 Å². The lowest BCUT2D eigenvalue weighted by molar-refractivity contribution is 0.102. The van der Waals surface area contributed by atoms with Crippen molar-refractivity contribution in [3.8, 4) is 0 Å². The summed E-state index contributed by atoms with van der Waals surface area (Å²) in [6.45, 7) is 1.77. The standard InChI is InChI=1S/C14H13BrFN3O/c1-7-4-10(15)11(16)6-13(7)19-14(20)9-3-2-8(17)5-12(9)18/h2-6H,17-18H2,1H3,(H,19,20). The largest absolute Gasteiger partial charge is 0.399 e. The number of nitrogens with one attached hydrogen (secondary N) is 1. The molecule has 2 aromatic carbocycles. The number of anilines is 3. The molecule has 0 fully saturated rings. The molecular weight excluding hydrogens is 325 g/mol. The number of halogens is 2. The molecule has 4 nitrogen and oxygen atoms in total. The second-order valence-electron chi connectivity index (χ2n) is 4.38. The van der Waals surface area contributed by atoms with Crippen molar-refractivity contribution in [2.75, 3.05) is 16.8 Å². The number of hydrogen-bond acceptors (Lipinski definition) is 3. The molecule has 1 amide bonds. The third kappa shape index (κ3) is 2.91. The van der Waals surface area contributed by atoms with Crippen LogP contribution in [0.2, 0.25) is 0 Å². The van der Waals surface area contributed by atoms with Gasteiger partial charge in [0.05, 0.1) is 10.0 Å². The highest BCUT2D eigenvalue weighted by Crippen LogP contribution is 2.25. The quantitative estimate of drug-likeness (QED) is 0.735. The molecule has 5 N–H and O–H groups in total. The van der Waals surface area contributed by atoms with Crippen molar-refractivity contribution in [3.63, 3.8) is 0 Å². The maximum absolute atomic E-state index is 13.5. The number of hydrogen-bond donors (Lipinski definition) is 3. The summed E-state index contributed by atoms with van der Waals surface area (Å²) >= 11 is 3.09. The number of benzene rings is 2. The van der Waals surface area contributed by atoms with Gasteiger partial charge < -0.3 is 16.8 Å². The van der Waals surface area contributed by atoms with Gasteiger partial charge in [-0.1, -0.05) is 0 Å². The van der Waals surface area contributed by atoms with Gasteiger partial charge in [-0.2, -0.15) is 0 Å². The first-order valence-corrected chi connectivity index (χ1v) is 6.60. The first-order valence-electron chi connectivity index (χ1n) is 5.80. The van der Waals surface area contributed by atoms with Crippen molar-refractivity contribution in [1.82, 2.24) is 0 Å². The van der Waals surface area contributed by atoms with Crippen LogP contribution in [-0.4, -0.2) is 5.91 Å². The maximum atomic E-state index is 13.5. The number of amides is 1. The lowest BCUT2D eigenvalue weighted by atomic mass is 10.1. The van der Waals surface area contributed by atoms with Gasteiger partial charge in [-0.3, -0.25) is 4.79 Å². The van der Waals surface area contributed by atoms with E-state index in [2.05, 4.69) is 21.2 Å². The summed E-state index contributed by atoms with van der Waals surface area (Å²) in [7, 11) is 0. The van der Waals surface area contributed by atoms with Crippen molar-refractivity contribution in [2.24, 2.45) is 0 Å². The Labute approximate surface area is 124 Å². The first kappa shape index (κ1) is 14.3. The zero-order valence-corrected chi connectivity index (χ0v) is 12.3. The minimum Gasteiger partial charge on any atom is -0.399 e. The van der Waals surface area contributed by atoms with E-state index in [4.69, 9.17) is 11.5 Å². The SMILES string of the molecule is Cc1cc(Br)c(F)cc1NC(=O)c1ccc(N)cc1N. The summed E-state index contributed by atoms with van der Waals surface area (Å²) in [5.74, 6) is -0.858. The van der Waals surface area contributed by atoms with E-state index in [1.165, 1.54) is 18.2 Å². The molecule has 2 aromatic rings. The van der Waals surface area contributed by atoms with Gasteiger partial charge in [-0.05, 0) is 58.7 Å². The second-order valence-corrected chi connectivity index (χ2v) is 5.24. The molecule has 0 spiro atoms. The van der Waals surface area contributed by atoms with E-state index >= 15 is 0 Å². The van der Waals surface area contributed by atoms with Crippen LogP contribution in [0.3, 0.4) is 0 Å². The highest BCUT2D eigenvalue weighted by atomic mass is 79.9. The van der Waals surface area contributed by atoms with Crippen molar-refractivity contribution in [1.29, 1.82) is 0 Å². The summed E-state index contributed by atoms with van der Waals surface area (Å²) in [5, 5.41) is 2.63. The zero-order chi connectivity index (χ0) is 14.9. The summed E-state index contributed by atoms with van der Waals surface area (Å²) < 4.78 is 13.9. The second kappa shape index (κ2) is 5.50. The van der Waals surface area contributed by atoms with Crippen molar-refractivity contribution < 1.29 is 9.18 Å². The molecule has 0 unspecified atom stereocenters. The van der Waals surface area contributed by atoms with Gasteiger partial charge in [0.25, 0.3) is 5.91 Å². The molecule has 0 aliphatic rings. The molecule has 0 saturated carbocycles. The van der Waals surface area contributed by atoms with Crippen LogP contribution in [0.5, 0.6) is 0 Å². The number of nitrogen functional groups attached to an aromatic ring is 2. The van der Waals surface area contributed by atoms with Crippen LogP contribution in [0.4, 0.5) is 21.5 Å². The van der Waals surface area contributed by atoms with Crippen LogP contribution in [0, 0.1) is 12.7 Å². The van der Waals surface area contributed by atoms with Gasteiger partial charge in [0.2, 0.25) is 0 Å². The van der Waals surface area contributed by atoms with E-state index < -0.39 is 11.7 Å². The Hall–Kier alpha value is -2.08. The van der Waals surface area contributed by atoms with Gasteiger partial charge >= 0.3 is 0 Å². The predicted molar refractivity (Wildman–Crippen MR) is 82.1 cm³/mol. The fraction of sp³-hybridized carbons (Fsp3) is 0.0714. The zero-order valence-electron chi connectivity index (χ0n) is 10.7. The Kier molecular flexibility index (Phi) is 3.94. The van der Waals surface area contributed by atoms with Crippen molar-refractivity contribution >= 4 is 38.9 Å². The lowest BCUT2D eigenvalue weighted by Gasteiger charge is -2.11. The summed E-state index contributed by atoms with van der Waals surface area (Å²) in [4.78, 5) is 12.1. The molecule has 6 heteroatoms. The van der Waals surface area contributed by atoms with E-state index in [9.17, 15) is 9.18 Å². The average molecular weight is 338 g/mol. The Bertz CT molecular complexity index is 688. The summed E-state index contributed by atoms with van der Waals surface area (Å²) in [5.41, 5.74) is 13.5. The Morgan fingerprint density at radius 2 is 1.95 bits per heavy atom. The minimum absolute atomic E-state index is 0.276. The van der Waals surface area contributed by atoms with Crippen molar-refractivity contribution in [3.05, 3.63) is 51.7 Å². The molecule has 0 aliphatic carbocycles. The molecule has 20 heavy (non-hydrogen) atoms. The summed E-state index contributed by atoms with van der Waals surface area (Å²) in [6, 6.07) is 7.47. The van der Waals surface area contributed by atoms with Crippen LogP contribution in [-0.2, 0) is 0 Å². The van der Waals surface area contributed by atoms with Crippen molar-refractivity contribution in [2.45, 2.75) is 6.92 Å². The van der Waals surface area contributed by atoms with Crippen LogP contribution in [0.15, 0.2) is 34.8 Å².